The van der Waals surface area contributed by atoms with E-state index in [9.17, 15) is 9.59 Å². The average Bonchev–Trinajstić information content (AvgIpc) is 3.23. The SMILES string of the molecule is O=C(COc1ccc(Cl)cc1)NC[C@@H]1COC[C@@H]1CNC(=O)COc1ccc(Cl)cc1. The standard InChI is InChI=1S/C22H24Cl2N2O5/c23-17-1-5-19(6-2-17)30-13-21(27)25-9-15-11-29-12-16(15)10-26-22(28)14-31-20-7-3-18(24)4-8-20/h1-8,15-16H,9-14H2,(H,25,27)(H,26,28)/t15-,16+. The van der Waals surface area contributed by atoms with E-state index < -0.39 is 0 Å². The van der Waals surface area contributed by atoms with E-state index in [0.29, 0.717) is 47.8 Å². The third kappa shape index (κ3) is 7.94. The predicted octanol–water partition coefficient (Wildman–Crippen LogP) is 2.95. The van der Waals surface area contributed by atoms with Gasteiger partial charge in [0.1, 0.15) is 11.5 Å². The summed E-state index contributed by atoms with van der Waals surface area (Å²) in [4.78, 5) is 24.1. The van der Waals surface area contributed by atoms with Crippen molar-refractivity contribution in [2.45, 2.75) is 0 Å². The highest BCUT2D eigenvalue weighted by atomic mass is 35.5. The van der Waals surface area contributed by atoms with Crippen molar-refractivity contribution < 1.29 is 23.8 Å². The van der Waals surface area contributed by atoms with E-state index in [2.05, 4.69) is 10.6 Å². The maximum Gasteiger partial charge on any atom is 0.257 e. The van der Waals surface area contributed by atoms with E-state index in [1.165, 1.54) is 0 Å². The molecule has 9 heteroatoms. The third-order valence-electron chi connectivity index (χ3n) is 4.82. The van der Waals surface area contributed by atoms with Crippen LogP contribution in [0.25, 0.3) is 0 Å². The number of hydrogen-bond donors (Lipinski definition) is 2. The first-order chi connectivity index (χ1) is 15.0. The van der Waals surface area contributed by atoms with Gasteiger partial charge in [0.25, 0.3) is 11.8 Å². The summed E-state index contributed by atoms with van der Waals surface area (Å²) < 4.78 is 16.4. The number of nitrogens with one attached hydrogen (secondary N) is 2. The number of carbonyl (C=O) groups excluding carboxylic acids is 2. The summed E-state index contributed by atoms with van der Waals surface area (Å²) >= 11 is 11.6. The van der Waals surface area contributed by atoms with Gasteiger partial charge in [0.05, 0.1) is 13.2 Å². The molecule has 0 bridgehead atoms. The fraction of sp³-hybridized carbons (Fsp3) is 0.364. The molecule has 1 aliphatic heterocycles. The molecule has 0 aliphatic carbocycles. The summed E-state index contributed by atoms with van der Waals surface area (Å²) in [6.45, 7) is 1.78. The van der Waals surface area contributed by atoms with Gasteiger partial charge in [-0.3, -0.25) is 9.59 Å². The summed E-state index contributed by atoms with van der Waals surface area (Å²) in [5, 5.41) is 6.92. The molecule has 2 atom stereocenters. The number of halogens is 2. The molecule has 1 fully saturated rings. The van der Waals surface area contributed by atoms with Crippen molar-refractivity contribution in [3.8, 4) is 11.5 Å². The number of carbonyl (C=O) groups is 2. The molecule has 7 nitrogen and oxygen atoms in total. The zero-order chi connectivity index (χ0) is 22.1. The van der Waals surface area contributed by atoms with E-state index in [1.807, 2.05) is 0 Å². The fourth-order valence-electron chi connectivity index (χ4n) is 3.05. The highest BCUT2D eigenvalue weighted by Crippen LogP contribution is 2.20. The molecule has 0 radical (unpaired) electrons. The zero-order valence-electron chi connectivity index (χ0n) is 16.8. The van der Waals surface area contributed by atoms with Crippen LogP contribution in [0.5, 0.6) is 11.5 Å². The van der Waals surface area contributed by atoms with Crippen molar-refractivity contribution in [2.75, 3.05) is 39.5 Å². The van der Waals surface area contributed by atoms with Crippen molar-refractivity contribution in [3.05, 3.63) is 58.6 Å². The average molecular weight is 467 g/mol. The minimum Gasteiger partial charge on any atom is -0.484 e. The quantitative estimate of drug-likeness (QED) is 0.562. The molecule has 0 aromatic heterocycles. The minimum absolute atomic E-state index is 0.0847. The third-order valence-corrected chi connectivity index (χ3v) is 5.32. The van der Waals surface area contributed by atoms with Gasteiger partial charge in [0, 0.05) is 35.0 Å². The first-order valence-electron chi connectivity index (χ1n) is 9.87. The second-order valence-corrected chi connectivity index (χ2v) is 8.02. The van der Waals surface area contributed by atoms with Gasteiger partial charge < -0.3 is 24.8 Å². The lowest BCUT2D eigenvalue weighted by Gasteiger charge is -2.19. The largest absolute Gasteiger partial charge is 0.484 e. The topological polar surface area (TPSA) is 85.9 Å². The number of ether oxygens (including phenoxy) is 3. The Morgan fingerprint density at radius 2 is 1.16 bits per heavy atom. The Morgan fingerprint density at radius 3 is 1.55 bits per heavy atom. The summed E-state index contributed by atoms with van der Waals surface area (Å²) in [5.41, 5.74) is 0. The van der Waals surface area contributed by atoms with Crippen LogP contribution in [0.4, 0.5) is 0 Å². The normalized spacial score (nSPS) is 17.7. The molecule has 2 N–H and O–H groups in total. The van der Waals surface area contributed by atoms with Crippen LogP contribution in [-0.4, -0.2) is 51.3 Å². The number of benzene rings is 2. The first-order valence-corrected chi connectivity index (χ1v) is 10.6. The summed E-state index contributed by atoms with van der Waals surface area (Å²) in [6.07, 6.45) is 0. The molecule has 1 saturated heterocycles. The molecule has 2 aromatic rings. The van der Waals surface area contributed by atoms with Crippen LogP contribution in [0.3, 0.4) is 0 Å². The monoisotopic (exact) mass is 466 g/mol. The van der Waals surface area contributed by atoms with Crippen molar-refractivity contribution in [1.29, 1.82) is 0 Å². The van der Waals surface area contributed by atoms with Gasteiger partial charge in [-0.05, 0) is 48.5 Å². The van der Waals surface area contributed by atoms with Gasteiger partial charge in [0.2, 0.25) is 0 Å². The number of rotatable bonds is 10. The van der Waals surface area contributed by atoms with Crippen molar-refractivity contribution in [2.24, 2.45) is 11.8 Å². The van der Waals surface area contributed by atoms with Crippen LogP contribution >= 0.6 is 23.2 Å². The van der Waals surface area contributed by atoms with Gasteiger partial charge in [-0.25, -0.2) is 0 Å². The lowest BCUT2D eigenvalue weighted by atomic mass is 9.96. The van der Waals surface area contributed by atoms with Gasteiger partial charge in [-0.15, -0.1) is 0 Å². The van der Waals surface area contributed by atoms with Crippen LogP contribution in [0, 0.1) is 11.8 Å². The Labute approximate surface area is 191 Å². The molecule has 1 heterocycles. The summed E-state index contributed by atoms with van der Waals surface area (Å²) in [5.74, 6) is 0.922. The van der Waals surface area contributed by atoms with E-state index in [4.69, 9.17) is 37.4 Å². The molecule has 31 heavy (non-hydrogen) atoms. The van der Waals surface area contributed by atoms with Crippen LogP contribution in [0.1, 0.15) is 0 Å². The minimum atomic E-state index is -0.221. The van der Waals surface area contributed by atoms with Crippen LogP contribution in [0.2, 0.25) is 10.0 Å². The maximum absolute atomic E-state index is 12.1. The molecular formula is C22H24Cl2N2O5. The van der Waals surface area contributed by atoms with Gasteiger partial charge >= 0.3 is 0 Å². The Hall–Kier alpha value is -2.48. The molecular weight excluding hydrogens is 443 g/mol. The molecule has 2 amide bonds. The van der Waals surface area contributed by atoms with E-state index in [0.717, 1.165) is 0 Å². The molecule has 2 aromatic carbocycles. The van der Waals surface area contributed by atoms with Crippen molar-refractivity contribution in [1.82, 2.24) is 10.6 Å². The van der Waals surface area contributed by atoms with Crippen molar-refractivity contribution >= 4 is 35.0 Å². The second kappa shape index (κ2) is 11.8. The molecule has 0 saturated carbocycles. The second-order valence-electron chi connectivity index (χ2n) is 7.15. The lowest BCUT2D eigenvalue weighted by molar-refractivity contribution is -0.124. The Morgan fingerprint density at radius 1 is 0.774 bits per heavy atom. The number of hydrogen-bond acceptors (Lipinski definition) is 5. The summed E-state index contributed by atoms with van der Waals surface area (Å²) in [6, 6.07) is 13.6. The lowest BCUT2D eigenvalue weighted by Crippen LogP contribution is -2.40. The fourth-order valence-corrected chi connectivity index (χ4v) is 3.30. The van der Waals surface area contributed by atoms with Gasteiger partial charge in [0.15, 0.2) is 13.2 Å². The van der Waals surface area contributed by atoms with Crippen LogP contribution < -0.4 is 20.1 Å². The Balaban J connectivity index is 1.33. The molecule has 0 unspecified atom stereocenters. The first kappa shape index (κ1) is 23.2. The van der Waals surface area contributed by atoms with E-state index >= 15 is 0 Å². The van der Waals surface area contributed by atoms with Crippen LogP contribution in [0.15, 0.2) is 48.5 Å². The maximum atomic E-state index is 12.1. The highest BCUT2D eigenvalue weighted by Gasteiger charge is 2.28. The Bertz CT molecular complexity index is 790. The molecule has 0 spiro atoms. The summed E-state index contributed by atoms with van der Waals surface area (Å²) in [7, 11) is 0. The Kier molecular flexibility index (Phi) is 8.82. The molecule has 3 rings (SSSR count). The molecule has 166 valence electrons. The zero-order valence-corrected chi connectivity index (χ0v) is 18.3. The predicted molar refractivity (Wildman–Crippen MR) is 118 cm³/mol. The van der Waals surface area contributed by atoms with E-state index in [1.54, 1.807) is 48.5 Å². The van der Waals surface area contributed by atoms with Gasteiger partial charge in [-0.1, -0.05) is 23.2 Å². The van der Waals surface area contributed by atoms with Crippen molar-refractivity contribution in [3.63, 3.8) is 0 Å². The van der Waals surface area contributed by atoms with Gasteiger partial charge in [-0.2, -0.15) is 0 Å². The van der Waals surface area contributed by atoms with E-state index in [-0.39, 0.29) is 36.9 Å². The number of amides is 2. The highest BCUT2D eigenvalue weighted by molar-refractivity contribution is 6.30. The van der Waals surface area contributed by atoms with Crippen LogP contribution in [-0.2, 0) is 14.3 Å². The molecule has 1 aliphatic rings. The smallest absolute Gasteiger partial charge is 0.257 e.